The van der Waals surface area contributed by atoms with Gasteiger partial charge in [-0.3, -0.25) is 9.59 Å². The van der Waals surface area contributed by atoms with Gasteiger partial charge in [-0.15, -0.1) is 0 Å². The molecule has 1 unspecified atom stereocenters. The maximum atomic E-state index is 12.7. The lowest BCUT2D eigenvalue weighted by molar-refractivity contribution is -0.119. The van der Waals surface area contributed by atoms with E-state index in [4.69, 9.17) is 11.6 Å². The predicted molar refractivity (Wildman–Crippen MR) is 131 cm³/mol. The summed E-state index contributed by atoms with van der Waals surface area (Å²) in [6.45, 7) is 6.72. The van der Waals surface area contributed by atoms with E-state index in [0.717, 1.165) is 24.3 Å². The van der Waals surface area contributed by atoms with E-state index in [1.54, 1.807) is 6.07 Å². The minimum absolute atomic E-state index is 0.0311. The van der Waals surface area contributed by atoms with Gasteiger partial charge < -0.3 is 20.9 Å². The highest BCUT2D eigenvalue weighted by molar-refractivity contribution is 7.17. The molecule has 3 heterocycles. The molecule has 0 aliphatic carbocycles. The van der Waals surface area contributed by atoms with E-state index >= 15 is 0 Å². The number of aryl methyl sites for hydroxylation is 2. The molecule has 3 N–H and O–H groups in total. The second-order valence-corrected chi connectivity index (χ2v) is 9.27. The van der Waals surface area contributed by atoms with Gasteiger partial charge in [0.15, 0.2) is 5.13 Å². The van der Waals surface area contributed by atoms with Crippen molar-refractivity contribution in [3.63, 3.8) is 0 Å². The largest absolute Gasteiger partial charge is 0.354 e. The van der Waals surface area contributed by atoms with E-state index in [0.29, 0.717) is 38.9 Å². The molecule has 1 aromatic carbocycles. The molecule has 172 valence electrons. The van der Waals surface area contributed by atoms with Crippen molar-refractivity contribution in [3.8, 4) is 0 Å². The van der Waals surface area contributed by atoms with Crippen molar-refractivity contribution in [3.05, 3.63) is 51.7 Å². The van der Waals surface area contributed by atoms with Crippen molar-refractivity contribution in [1.82, 2.24) is 20.3 Å². The van der Waals surface area contributed by atoms with Gasteiger partial charge in [0.25, 0.3) is 5.91 Å². The average molecular weight is 486 g/mol. The highest BCUT2D eigenvalue weighted by atomic mass is 35.5. The van der Waals surface area contributed by atoms with Crippen LogP contribution < -0.4 is 20.9 Å². The molecule has 11 heteroatoms. The fourth-order valence-electron chi connectivity index (χ4n) is 3.66. The summed E-state index contributed by atoms with van der Waals surface area (Å²) >= 11 is 7.43. The summed E-state index contributed by atoms with van der Waals surface area (Å²) in [7, 11) is 0. The standard InChI is InChI=1S/C22H24ClN7O2S/c1-12-5-4-6-16(23)20(12)29-21(32)17-10-24-22(33-17)28-18-9-19(26-13(2)25-18)30-8-7-15(11-30)27-14(3)31/h4-6,9-10,15H,7-8,11H2,1-3H3,(H,27,31)(H,29,32)(H,24,25,26,28). The van der Waals surface area contributed by atoms with Gasteiger partial charge in [0.05, 0.1) is 16.9 Å². The number of carbonyl (C=O) groups is 2. The third kappa shape index (κ3) is 5.58. The average Bonchev–Trinajstić information content (AvgIpc) is 3.40. The smallest absolute Gasteiger partial charge is 0.267 e. The van der Waals surface area contributed by atoms with Gasteiger partial charge in [-0.1, -0.05) is 35.1 Å². The van der Waals surface area contributed by atoms with Crippen LogP contribution in [0.4, 0.5) is 22.5 Å². The predicted octanol–water partition coefficient (Wildman–Crippen LogP) is 3.91. The minimum Gasteiger partial charge on any atom is -0.354 e. The van der Waals surface area contributed by atoms with Crippen LogP contribution in [0.3, 0.4) is 0 Å². The zero-order valence-corrected chi connectivity index (χ0v) is 20.0. The Labute approximate surface area is 200 Å². The summed E-state index contributed by atoms with van der Waals surface area (Å²) in [6.07, 6.45) is 2.38. The van der Waals surface area contributed by atoms with Crippen molar-refractivity contribution in [2.24, 2.45) is 0 Å². The van der Waals surface area contributed by atoms with Crippen LogP contribution in [0.15, 0.2) is 30.5 Å². The number of thiazole rings is 1. The molecule has 1 aliphatic rings. The Bertz CT molecular complexity index is 1180. The number of aromatic nitrogens is 3. The number of amides is 2. The third-order valence-electron chi connectivity index (χ3n) is 5.17. The number of hydrogen-bond acceptors (Lipinski definition) is 8. The van der Waals surface area contributed by atoms with Crippen LogP contribution in [-0.4, -0.2) is 45.9 Å². The molecule has 1 fully saturated rings. The van der Waals surface area contributed by atoms with Crippen LogP contribution in [0.25, 0.3) is 0 Å². The lowest BCUT2D eigenvalue weighted by atomic mass is 10.2. The van der Waals surface area contributed by atoms with E-state index in [1.165, 1.54) is 24.5 Å². The molecule has 0 bridgehead atoms. The first-order valence-corrected chi connectivity index (χ1v) is 11.6. The van der Waals surface area contributed by atoms with Crippen molar-refractivity contribution in [1.29, 1.82) is 0 Å². The fraction of sp³-hybridized carbons (Fsp3) is 0.318. The van der Waals surface area contributed by atoms with Gasteiger partial charge >= 0.3 is 0 Å². The first kappa shape index (κ1) is 22.9. The number of carbonyl (C=O) groups excluding carboxylic acids is 2. The number of nitrogens with one attached hydrogen (secondary N) is 3. The molecule has 33 heavy (non-hydrogen) atoms. The van der Waals surface area contributed by atoms with Crippen molar-refractivity contribution in [2.75, 3.05) is 28.6 Å². The van der Waals surface area contributed by atoms with E-state index in [9.17, 15) is 9.59 Å². The van der Waals surface area contributed by atoms with Crippen LogP contribution >= 0.6 is 22.9 Å². The molecule has 2 aromatic heterocycles. The lowest BCUT2D eigenvalue weighted by Crippen LogP contribution is -2.35. The Balaban J connectivity index is 1.45. The summed E-state index contributed by atoms with van der Waals surface area (Å²) in [5.74, 6) is 1.67. The Morgan fingerprint density at radius 1 is 1.24 bits per heavy atom. The monoisotopic (exact) mass is 485 g/mol. The second-order valence-electron chi connectivity index (χ2n) is 7.83. The SMILES string of the molecule is CC(=O)NC1CCN(c2cc(Nc3ncc(C(=O)Nc4c(C)cccc4Cl)s3)nc(C)n2)C1. The van der Waals surface area contributed by atoms with E-state index in [1.807, 2.05) is 32.0 Å². The van der Waals surface area contributed by atoms with Gasteiger partial charge in [-0.25, -0.2) is 15.0 Å². The van der Waals surface area contributed by atoms with E-state index < -0.39 is 0 Å². The number of nitrogens with zero attached hydrogens (tertiary/aromatic N) is 4. The van der Waals surface area contributed by atoms with Crippen molar-refractivity contribution >= 4 is 57.2 Å². The normalized spacial score (nSPS) is 15.4. The summed E-state index contributed by atoms with van der Waals surface area (Å²) in [5, 5.41) is 10.00. The Morgan fingerprint density at radius 3 is 2.82 bits per heavy atom. The molecule has 1 atom stereocenters. The molecular weight excluding hydrogens is 462 g/mol. The Hall–Kier alpha value is -3.24. The molecule has 0 radical (unpaired) electrons. The molecule has 2 amide bonds. The summed E-state index contributed by atoms with van der Waals surface area (Å²) in [6, 6.07) is 7.41. The molecular formula is C22H24ClN7O2S. The van der Waals surface area contributed by atoms with Crippen LogP contribution in [0.1, 0.15) is 34.4 Å². The number of halogens is 1. The van der Waals surface area contributed by atoms with Gasteiger partial charge in [0.2, 0.25) is 5.91 Å². The molecule has 9 nitrogen and oxygen atoms in total. The van der Waals surface area contributed by atoms with E-state index in [2.05, 4.69) is 35.8 Å². The van der Waals surface area contributed by atoms with Crippen molar-refractivity contribution < 1.29 is 9.59 Å². The zero-order chi connectivity index (χ0) is 23.5. The van der Waals surface area contributed by atoms with Crippen LogP contribution in [0.2, 0.25) is 5.02 Å². The molecule has 3 aromatic rings. The van der Waals surface area contributed by atoms with Gasteiger partial charge in [0, 0.05) is 32.1 Å². The Kier molecular flexibility index (Phi) is 6.75. The van der Waals surface area contributed by atoms with Crippen LogP contribution in [-0.2, 0) is 4.79 Å². The first-order valence-electron chi connectivity index (χ1n) is 10.5. The highest BCUT2D eigenvalue weighted by Gasteiger charge is 2.24. The van der Waals surface area contributed by atoms with Gasteiger partial charge in [-0.2, -0.15) is 0 Å². The molecule has 0 spiro atoms. The maximum absolute atomic E-state index is 12.7. The molecule has 1 saturated heterocycles. The number of rotatable bonds is 6. The second kappa shape index (κ2) is 9.72. The van der Waals surface area contributed by atoms with Gasteiger partial charge in [-0.05, 0) is 31.9 Å². The Morgan fingerprint density at radius 2 is 2.06 bits per heavy atom. The summed E-state index contributed by atoms with van der Waals surface area (Å²) < 4.78 is 0. The number of benzene rings is 1. The summed E-state index contributed by atoms with van der Waals surface area (Å²) in [5.41, 5.74) is 1.47. The number of anilines is 4. The number of hydrogen-bond donors (Lipinski definition) is 3. The first-order chi connectivity index (χ1) is 15.8. The third-order valence-corrected chi connectivity index (χ3v) is 6.40. The van der Waals surface area contributed by atoms with Crippen molar-refractivity contribution in [2.45, 2.75) is 33.2 Å². The maximum Gasteiger partial charge on any atom is 0.267 e. The topological polar surface area (TPSA) is 112 Å². The lowest BCUT2D eigenvalue weighted by Gasteiger charge is -2.19. The fourth-order valence-corrected chi connectivity index (χ4v) is 4.65. The zero-order valence-electron chi connectivity index (χ0n) is 18.5. The van der Waals surface area contributed by atoms with Crippen LogP contribution in [0, 0.1) is 13.8 Å². The van der Waals surface area contributed by atoms with E-state index in [-0.39, 0.29) is 17.9 Å². The van der Waals surface area contributed by atoms with Crippen LogP contribution in [0.5, 0.6) is 0 Å². The molecule has 0 saturated carbocycles. The minimum atomic E-state index is -0.280. The molecule has 1 aliphatic heterocycles. The number of para-hydroxylation sites is 1. The quantitative estimate of drug-likeness (QED) is 0.485. The summed E-state index contributed by atoms with van der Waals surface area (Å²) in [4.78, 5) is 39.9. The molecule has 4 rings (SSSR count). The van der Waals surface area contributed by atoms with Gasteiger partial charge in [0.1, 0.15) is 22.3 Å². The highest BCUT2D eigenvalue weighted by Crippen LogP contribution is 2.28.